The molecule has 10 heteroatoms. The molecule has 0 radical (unpaired) electrons. The average molecular weight is 388 g/mol. The topological polar surface area (TPSA) is 184 Å². The number of carboxylic acids is 3. The van der Waals surface area contributed by atoms with Crippen LogP contribution in [0, 0.1) is 0 Å². The molecule has 6 N–H and O–H groups in total. The Kier molecular flexibility index (Phi) is 5.63. The largest absolute Gasteiger partial charge is 0.478 e. The smallest absolute Gasteiger partial charge is 0.336 e. The summed E-state index contributed by atoms with van der Waals surface area (Å²) in [4.78, 5) is 59.5. The van der Waals surface area contributed by atoms with Gasteiger partial charge < -0.3 is 26.4 Å². The van der Waals surface area contributed by atoms with Crippen molar-refractivity contribution in [1.29, 1.82) is 0 Å². The fourth-order valence-electron chi connectivity index (χ4n) is 2.86. The minimum Gasteiger partial charge on any atom is -0.478 e. The molecule has 2 rings (SSSR count). The van der Waals surface area contributed by atoms with E-state index in [0.29, 0.717) is 6.42 Å². The Labute approximate surface area is 157 Å². The minimum atomic E-state index is -1.63. The van der Waals surface area contributed by atoms with E-state index >= 15 is 0 Å². The second kappa shape index (κ2) is 7.74. The Morgan fingerprint density at radius 1 is 0.857 bits per heavy atom. The highest BCUT2D eigenvalue weighted by Crippen LogP contribution is 2.33. The van der Waals surface area contributed by atoms with Crippen LogP contribution in [0.25, 0.3) is 10.8 Å². The number of aromatic carboxylic acids is 3. The number of hydrogen-bond acceptors (Lipinski definition) is 5. The van der Waals surface area contributed by atoms with E-state index in [2.05, 4.69) is 5.32 Å². The maximum absolute atomic E-state index is 12.6. The standard InChI is InChI=1S/C18H16N2O8/c1-2-5-20-15(22)9-6-10(18(27)28)13(14(19)21)12-8(17(25)26)4-3-7(11(9)12)16(23)24/h3-4,6H,2,5H2,1H3,(H2,19,21)(H,20,22)(H,23,24)(H,25,26)(H,27,28). The third-order valence-electron chi connectivity index (χ3n) is 4.00. The number of carbonyl (C=O) groups is 5. The van der Waals surface area contributed by atoms with Gasteiger partial charge in [-0.15, -0.1) is 0 Å². The fraction of sp³-hybridized carbons (Fsp3) is 0.167. The third kappa shape index (κ3) is 3.47. The molecule has 0 aliphatic heterocycles. The van der Waals surface area contributed by atoms with Crippen molar-refractivity contribution in [2.45, 2.75) is 13.3 Å². The van der Waals surface area contributed by atoms with Gasteiger partial charge in [-0.05, 0) is 24.6 Å². The summed E-state index contributed by atoms with van der Waals surface area (Å²) >= 11 is 0. The van der Waals surface area contributed by atoms with Crippen molar-refractivity contribution in [3.63, 3.8) is 0 Å². The van der Waals surface area contributed by atoms with Crippen LogP contribution in [0.2, 0.25) is 0 Å². The lowest BCUT2D eigenvalue weighted by Crippen LogP contribution is -2.27. The van der Waals surface area contributed by atoms with Crippen LogP contribution in [0.5, 0.6) is 0 Å². The summed E-state index contributed by atoms with van der Waals surface area (Å²) in [6, 6.07) is 2.71. The molecule has 0 aliphatic rings. The second-order valence-electron chi connectivity index (χ2n) is 5.79. The maximum Gasteiger partial charge on any atom is 0.336 e. The highest BCUT2D eigenvalue weighted by atomic mass is 16.4. The zero-order valence-corrected chi connectivity index (χ0v) is 14.6. The van der Waals surface area contributed by atoms with Crippen LogP contribution in [0.4, 0.5) is 0 Å². The van der Waals surface area contributed by atoms with Gasteiger partial charge in [0.15, 0.2) is 0 Å². The van der Waals surface area contributed by atoms with Gasteiger partial charge in [-0.1, -0.05) is 6.92 Å². The lowest BCUT2D eigenvalue weighted by molar-refractivity contribution is 0.0682. The molecule has 2 aromatic carbocycles. The summed E-state index contributed by atoms with van der Waals surface area (Å²) in [6.07, 6.45) is 0.543. The van der Waals surface area contributed by atoms with Gasteiger partial charge in [-0.25, -0.2) is 14.4 Å². The SMILES string of the molecule is CCCNC(=O)c1cc(C(=O)O)c(C(N)=O)c2c(C(=O)O)ccc(C(=O)O)c12. The molecule has 0 bridgehead atoms. The van der Waals surface area contributed by atoms with Gasteiger partial charge in [0.2, 0.25) is 5.91 Å². The van der Waals surface area contributed by atoms with E-state index in [4.69, 9.17) is 5.73 Å². The van der Waals surface area contributed by atoms with E-state index in [0.717, 1.165) is 18.2 Å². The fourth-order valence-corrected chi connectivity index (χ4v) is 2.86. The summed E-state index contributed by atoms with van der Waals surface area (Å²) in [5, 5.41) is 30.0. The molecule has 28 heavy (non-hydrogen) atoms. The Hall–Kier alpha value is -3.95. The van der Waals surface area contributed by atoms with E-state index in [1.54, 1.807) is 6.92 Å². The molecule has 0 fully saturated rings. The lowest BCUT2D eigenvalue weighted by atomic mass is 9.88. The number of nitrogens with two attached hydrogens (primary N) is 1. The number of carboxylic acid groups (broad SMARTS) is 3. The van der Waals surface area contributed by atoms with Crippen LogP contribution in [0.3, 0.4) is 0 Å². The first-order valence-corrected chi connectivity index (χ1v) is 8.03. The molecule has 2 amide bonds. The molecule has 0 aliphatic carbocycles. The van der Waals surface area contributed by atoms with Crippen LogP contribution in [-0.4, -0.2) is 51.6 Å². The van der Waals surface area contributed by atoms with Crippen molar-refractivity contribution < 1.29 is 39.3 Å². The number of fused-ring (bicyclic) bond motifs is 1. The molecule has 146 valence electrons. The molecule has 0 saturated carbocycles. The number of primary amides is 1. The van der Waals surface area contributed by atoms with Gasteiger partial charge in [-0.2, -0.15) is 0 Å². The summed E-state index contributed by atoms with van der Waals surface area (Å²) in [6.45, 7) is 1.98. The van der Waals surface area contributed by atoms with Crippen molar-refractivity contribution in [3.8, 4) is 0 Å². The Morgan fingerprint density at radius 2 is 1.36 bits per heavy atom. The molecule has 2 aromatic rings. The Bertz CT molecular complexity index is 1040. The van der Waals surface area contributed by atoms with E-state index < -0.39 is 57.4 Å². The third-order valence-corrected chi connectivity index (χ3v) is 4.00. The summed E-state index contributed by atoms with van der Waals surface area (Å²) in [5.74, 6) is -6.75. The number of nitrogens with one attached hydrogen (secondary N) is 1. The summed E-state index contributed by atoms with van der Waals surface area (Å²) in [5.41, 5.74) is 2.48. The van der Waals surface area contributed by atoms with E-state index in [1.165, 1.54) is 0 Å². The second-order valence-corrected chi connectivity index (χ2v) is 5.79. The predicted octanol–water partition coefficient (Wildman–Crippen LogP) is 1.17. The van der Waals surface area contributed by atoms with Crippen molar-refractivity contribution in [2.75, 3.05) is 6.54 Å². The number of rotatable bonds is 7. The number of hydrogen-bond donors (Lipinski definition) is 5. The normalized spacial score (nSPS) is 10.5. The van der Waals surface area contributed by atoms with Crippen molar-refractivity contribution in [3.05, 3.63) is 46.0 Å². The Morgan fingerprint density at radius 3 is 1.79 bits per heavy atom. The molecule has 0 unspecified atom stereocenters. The number of amides is 2. The predicted molar refractivity (Wildman–Crippen MR) is 96.0 cm³/mol. The number of benzene rings is 2. The van der Waals surface area contributed by atoms with Gasteiger partial charge in [0.25, 0.3) is 5.91 Å². The molecule has 0 aromatic heterocycles. The molecule has 0 spiro atoms. The van der Waals surface area contributed by atoms with Crippen molar-refractivity contribution >= 4 is 40.5 Å². The van der Waals surface area contributed by atoms with Crippen LogP contribution < -0.4 is 11.1 Å². The van der Waals surface area contributed by atoms with Gasteiger partial charge >= 0.3 is 17.9 Å². The molecular formula is C18H16N2O8. The van der Waals surface area contributed by atoms with Gasteiger partial charge in [-0.3, -0.25) is 9.59 Å². The zero-order chi connectivity index (χ0) is 21.2. The van der Waals surface area contributed by atoms with Gasteiger partial charge in [0, 0.05) is 22.9 Å². The molecule has 0 atom stereocenters. The maximum atomic E-state index is 12.6. The monoisotopic (exact) mass is 388 g/mol. The van der Waals surface area contributed by atoms with Crippen molar-refractivity contribution in [2.24, 2.45) is 5.73 Å². The average Bonchev–Trinajstić information content (AvgIpc) is 2.62. The number of carbonyl (C=O) groups excluding carboxylic acids is 2. The van der Waals surface area contributed by atoms with Crippen LogP contribution >= 0.6 is 0 Å². The zero-order valence-electron chi connectivity index (χ0n) is 14.6. The van der Waals surface area contributed by atoms with Crippen LogP contribution in [-0.2, 0) is 0 Å². The van der Waals surface area contributed by atoms with Crippen molar-refractivity contribution in [1.82, 2.24) is 5.32 Å². The quantitative estimate of drug-likeness (QED) is 0.468. The van der Waals surface area contributed by atoms with Crippen LogP contribution in [0.1, 0.15) is 65.1 Å². The van der Waals surface area contributed by atoms with Gasteiger partial charge in [0.05, 0.1) is 22.3 Å². The van der Waals surface area contributed by atoms with Gasteiger partial charge in [0.1, 0.15) is 0 Å². The van der Waals surface area contributed by atoms with E-state index in [-0.39, 0.29) is 17.5 Å². The first-order valence-electron chi connectivity index (χ1n) is 8.03. The van der Waals surface area contributed by atoms with E-state index in [9.17, 15) is 39.3 Å². The first-order chi connectivity index (χ1) is 13.1. The summed E-state index contributed by atoms with van der Waals surface area (Å²) in [7, 11) is 0. The highest BCUT2D eigenvalue weighted by molar-refractivity contribution is 6.26. The molecule has 0 saturated heterocycles. The van der Waals surface area contributed by atoms with Crippen LogP contribution in [0.15, 0.2) is 18.2 Å². The Balaban J connectivity index is 3.17. The molecule has 0 heterocycles. The minimum absolute atomic E-state index is 0.210. The van der Waals surface area contributed by atoms with E-state index in [1.807, 2.05) is 0 Å². The summed E-state index contributed by atoms with van der Waals surface area (Å²) < 4.78 is 0. The molecular weight excluding hydrogens is 372 g/mol. The molecule has 10 nitrogen and oxygen atoms in total. The first kappa shape index (κ1) is 20.4. The highest BCUT2D eigenvalue weighted by Gasteiger charge is 2.29. The lowest BCUT2D eigenvalue weighted by Gasteiger charge is -2.16.